The molecule has 0 radical (unpaired) electrons. The van der Waals surface area contributed by atoms with Crippen molar-refractivity contribution in [1.82, 2.24) is 9.55 Å². The van der Waals surface area contributed by atoms with Crippen molar-refractivity contribution in [3.05, 3.63) is 101 Å². The number of nitrogens with zero attached hydrogens (tertiary/aromatic N) is 2. The van der Waals surface area contributed by atoms with Crippen molar-refractivity contribution in [3.63, 3.8) is 0 Å². The maximum Gasteiger partial charge on any atom is 0.339 e. The molecule has 1 aliphatic heterocycles. The van der Waals surface area contributed by atoms with Crippen molar-refractivity contribution in [2.24, 2.45) is 5.92 Å². The number of benzene rings is 3. The molecule has 2 aromatic heterocycles. The molecule has 3 heterocycles. The lowest BCUT2D eigenvalue weighted by molar-refractivity contribution is 0.0553. The zero-order valence-corrected chi connectivity index (χ0v) is 22.1. The number of carbonyl (C=O) groups is 1. The van der Waals surface area contributed by atoms with Crippen LogP contribution < -0.4 is 0 Å². The largest absolute Gasteiger partial charge is 0.465 e. The normalized spacial score (nSPS) is 15.2. The van der Waals surface area contributed by atoms with E-state index >= 15 is 0 Å². The van der Waals surface area contributed by atoms with Crippen LogP contribution in [0.4, 0.5) is 0 Å². The van der Waals surface area contributed by atoms with Gasteiger partial charge in [-0.3, -0.25) is 4.98 Å². The maximum atomic E-state index is 12.5. The number of halogens is 1. The summed E-state index contributed by atoms with van der Waals surface area (Å²) in [5.41, 5.74) is 6.90. The Balaban J connectivity index is 1.66. The van der Waals surface area contributed by atoms with Gasteiger partial charge in [-0.05, 0) is 59.7 Å². The quantitative estimate of drug-likeness (QED) is 0.212. The molecule has 0 N–H and O–H groups in total. The van der Waals surface area contributed by atoms with Gasteiger partial charge in [-0.25, -0.2) is 4.79 Å². The number of hydrogen-bond acceptors (Lipinski definition) is 4. The number of methoxy groups -OCH3 is 1. The maximum absolute atomic E-state index is 12.5. The Labute approximate surface area is 224 Å². The molecule has 0 aliphatic carbocycles. The SMILES string of the molecule is COC(=O)c1cnc2c3ccc(-c4ccc(Br)cc4)cc3n(C(c3ccccc3)C3CCOCC3)c2c1. The fourth-order valence-corrected chi connectivity index (χ4v) is 5.83. The van der Waals surface area contributed by atoms with Crippen molar-refractivity contribution < 1.29 is 14.3 Å². The number of carbonyl (C=O) groups excluding carboxylic acids is 1. The molecule has 1 aliphatic rings. The van der Waals surface area contributed by atoms with E-state index in [1.807, 2.05) is 6.07 Å². The van der Waals surface area contributed by atoms with Gasteiger partial charge in [0.2, 0.25) is 0 Å². The highest BCUT2D eigenvalue weighted by atomic mass is 79.9. The average molecular weight is 555 g/mol. The van der Waals surface area contributed by atoms with Crippen molar-refractivity contribution >= 4 is 43.8 Å². The van der Waals surface area contributed by atoms with Crippen LogP contribution in [0.15, 0.2) is 89.5 Å². The molecule has 0 spiro atoms. The molecule has 186 valence electrons. The molecule has 3 aromatic carbocycles. The summed E-state index contributed by atoms with van der Waals surface area (Å²) >= 11 is 3.55. The molecule has 5 nitrogen and oxygen atoms in total. The predicted octanol–water partition coefficient (Wildman–Crippen LogP) is 7.42. The van der Waals surface area contributed by atoms with Gasteiger partial charge in [-0.2, -0.15) is 0 Å². The van der Waals surface area contributed by atoms with Gasteiger partial charge in [0.25, 0.3) is 0 Å². The lowest BCUT2D eigenvalue weighted by atomic mass is 9.86. The van der Waals surface area contributed by atoms with E-state index in [0.29, 0.717) is 11.5 Å². The van der Waals surface area contributed by atoms with Crippen LogP contribution in [0.3, 0.4) is 0 Å². The molecule has 37 heavy (non-hydrogen) atoms. The van der Waals surface area contributed by atoms with Gasteiger partial charge in [0.1, 0.15) is 0 Å². The summed E-state index contributed by atoms with van der Waals surface area (Å²) in [6.45, 7) is 1.50. The van der Waals surface area contributed by atoms with Crippen molar-refractivity contribution in [2.75, 3.05) is 20.3 Å². The Kier molecular flexibility index (Phi) is 6.53. The second-order valence-corrected chi connectivity index (χ2v) is 10.4. The first-order chi connectivity index (χ1) is 18.1. The number of hydrogen-bond donors (Lipinski definition) is 0. The van der Waals surface area contributed by atoms with E-state index in [4.69, 9.17) is 14.5 Å². The first-order valence-electron chi connectivity index (χ1n) is 12.5. The highest BCUT2D eigenvalue weighted by Crippen LogP contribution is 2.41. The van der Waals surface area contributed by atoms with Crippen LogP contribution in [0.2, 0.25) is 0 Å². The van der Waals surface area contributed by atoms with Crippen LogP contribution in [0, 0.1) is 5.92 Å². The number of rotatable bonds is 5. The molecule has 6 heteroatoms. The third kappa shape index (κ3) is 4.45. The Hall–Kier alpha value is -3.48. The second-order valence-electron chi connectivity index (χ2n) is 9.50. The monoisotopic (exact) mass is 554 g/mol. The van der Waals surface area contributed by atoms with Crippen LogP contribution in [-0.4, -0.2) is 35.8 Å². The Bertz CT molecular complexity index is 1570. The summed E-state index contributed by atoms with van der Waals surface area (Å²) in [5.74, 6) is -0.00263. The van der Waals surface area contributed by atoms with E-state index in [2.05, 4.69) is 93.3 Å². The summed E-state index contributed by atoms with van der Waals surface area (Å²) in [5, 5.41) is 1.07. The lowest BCUT2D eigenvalue weighted by Crippen LogP contribution is -2.27. The topological polar surface area (TPSA) is 53.3 Å². The van der Waals surface area contributed by atoms with Crippen LogP contribution >= 0.6 is 15.9 Å². The minimum absolute atomic E-state index is 0.0694. The molecule has 0 amide bonds. The van der Waals surface area contributed by atoms with Crippen LogP contribution in [0.5, 0.6) is 0 Å². The number of aromatic nitrogens is 2. The van der Waals surface area contributed by atoms with E-state index in [0.717, 1.165) is 63.6 Å². The summed E-state index contributed by atoms with van der Waals surface area (Å²) in [6.07, 6.45) is 3.56. The van der Waals surface area contributed by atoms with E-state index in [9.17, 15) is 4.79 Å². The minimum Gasteiger partial charge on any atom is -0.465 e. The molecule has 1 fully saturated rings. The molecule has 5 aromatic rings. The van der Waals surface area contributed by atoms with Crippen LogP contribution in [-0.2, 0) is 9.47 Å². The standard InChI is InChI=1S/C31H27BrN2O3/c1-36-31(35)24-18-28-29(33-19-24)26-12-9-23(20-7-10-25(32)11-8-20)17-27(26)34(28)30(21-5-3-2-4-6-21)22-13-15-37-16-14-22/h2-12,17-19,22,30H,13-16H2,1H3. The van der Waals surface area contributed by atoms with Gasteiger partial charge in [0, 0.05) is 29.3 Å². The zero-order chi connectivity index (χ0) is 25.4. The zero-order valence-electron chi connectivity index (χ0n) is 20.6. The smallest absolute Gasteiger partial charge is 0.339 e. The minimum atomic E-state index is -0.385. The molecule has 1 unspecified atom stereocenters. The van der Waals surface area contributed by atoms with Gasteiger partial charge >= 0.3 is 5.97 Å². The molecular formula is C31H27BrN2O3. The van der Waals surface area contributed by atoms with Gasteiger partial charge in [-0.15, -0.1) is 0 Å². The van der Waals surface area contributed by atoms with Crippen LogP contribution in [0.1, 0.15) is 34.8 Å². The molecule has 1 atom stereocenters. The predicted molar refractivity (Wildman–Crippen MR) is 150 cm³/mol. The van der Waals surface area contributed by atoms with Gasteiger partial charge in [0.05, 0.1) is 35.3 Å². The first-order valence-corrected chi connectivity index (χ1v) is 13.3. The Morgan fingerprint density at radius 3 is 2.43 bits per heavy atom. The van der Waals surface area contributed by atoms with Gasteiger partial charge in [0.15, 0.2) is 0 Å². The fraction of sp³-hybridized carbons (Fsp3) is 0.226. The van der Waals surface area contributed by atoms with E-state index < -0.39 is 0 Å². The average Bonchev–Trinajstić information content (AvgIpc) is 3.27. The van der Waals surface area contributed by atoms with E-state index in [-0.39, 0.29) is 12.0 Å². The number of pyridine rings is 1. The Morgan fingerprint density at radius 2 is 1.70 bits per heavy atom. The third-order valence-corrected chi connectivity index (χ3v) is 7.90. The van der Waals surface area contributed by atoms with E-state index in [1.165, 1.54) is 12.7 Å². The summed E-state index contributed by atoms with van der Waals surface area (Å²) < 4.78 is 14.2. The summed E-state index contributed by atoms with van der Waals surface area (Å²) in [4.78, 5) is 17.3. The van der Waals surface area contributed by atoms with E-state index in [1.54, 1.807) is 6.20 Å². The summed E-state index contributed by atoms with van der Waals surface area (Å²) in [7, 11) is 1.40. The van der Waals surface area contributed by atoms with Gasteiger partial charge < -0.3 is 14.0 Å². The summed E-state index contributed by atoms with van der Waals surface area (Å²) in [6, 6.07) is 27.6. The van der Waals surface area contributed by atoms with Crippen molar-refractivity contribution in [3.8, 4) is 11.1 Å². The van der Waals surface area contributed by atoms with Crippen molar-refractivity contribution in [2.45, 2.75) is 18.9 Å². The fourth-order valence-electron chi connectivity index (χ4n) is 5.57. The second kappa shape index (κ2) is 10.1. The highest BCUT2D eigenvalue weighted by molar-refractivity contribution is 9.10. The number of fused-ring (bicyclic) bond motifs is 3. The first kappa shape index (κ1) is 23.9. The molecule has 6 rings (SSSR count). The van der Waals surface area contributed by atoms with Crippen LogP contribution in [0.25, 0.3) is 33.1 Å². The Morgan fingerprint density at radius 1 is 0.973 bits per heavy atom. The molecule has 1 saturated heterocycles. The number of esters is 1. The van der Waals surface area contributed by atoms with Gasteiger partial charge in [-0.1, -0.05) is 70.5 Å². The lowest BCUT2D eigenvalue weighted by Gasteiger charge is -2.33. The number of ether oxygens (including phenoxy) is 2. The molecule has 0 bridgehead atoms. The highest BCUT2D eigenvalue weighted by Gasteiger charge is 2.30. The molecule has 0 saturated carbocycles. The van der Waals surface area contributed by atoms with Crippen molar-refractivity contribution in [1.29, 1.82) is 0 Å². The molecular weight excluding hydrogens is 528 g/mol. The third-order valence-electron chi connectivity index (χ3n) is 7.37.